The molecule has 0 bridgehead atoms. The van der Waals surface area contributed by atoms with E-state index in [4.69, 9.17) is 16.3 Å². The van der Waals surface area contributed by atoms with Gasteiger partial charge in [0, 0.05) is 22.0 Å². The molecule has 7 nitrogen and oxygen atoms in total. The molecule has 0 fully saturated rings. The van der Waals surface area contributed by atoms with Crippen LogP contribution in [0.15, 0.2) is 29.4 Å². The average molecular weight is 505 g/mol. The van der Waals surface area contributed by atoms with Crippen molar-refractivity contribution in [2.45, 2.75) is 44.8 Å². The number of amides is 1. The molecule has 1 aliphatic carbocycles. The minimum absolute atomic E-state index is 0.151. The fourth-order valence-corrected chi connectivity index (χ4v) is 6.29. The number of nitrogens with one attached hydrogen (secondary N) is 1. The normalized spacial score (nSPS) is 15.2. The molecular weight excluding hydrogens is 480 g/mol. The maximum Gasteiger partial charge on any atom is 0.341 e. The number of aromatic nitrogens is 3. The number of halogens is 1. The van der Waals surface area contributed by atoms with E-state index in [2.05, 4.69) is 22.4 Å². The lowest BCUT2D eigenvalue weighted by Gasteiger charge is -2.18. The number of thioether (sulfide) groups is 1. The first-order valence-electron chi connectivity index (χ1n) is 10.8. The van der Waals surface area contributed by atoms with Gasteiger partial charge in [0.05, 0.1) is 18.4 Å². The second-order valence-electron chi connectivity index (χ2n) is 7.94. The van der Waals surface area contributed by atoms with Crippen LogP contribution < -0.4 is 5.32 Å². The monoisotopic (exact) mass is 504 g/mol. The summed E-state index contributed by atoms with van der Waals surface area (Å²) < 4.78 is 6.97. The van der Waals surface area contributed by atoms with Gasteiger partial charge in [-0.1, -0.05) is 30.3 Å². The topological polar surface area (TPSA) is 86.1 Å². The number of hydrogen-bond donors (Lipinski definition) is 1. The third-order valence-electron chi connectivity index (χ3n) is 5.62. The molecule has 0 saturated heterocycles. The molecular formula is C23H25ClN4O3S2. The van der Waals surface area contributed by atoms with Crippen molar-refractivity contribution in [1.29, 1.82) is 0 Å². The molecule has 0 spiro atoms. The number of ether oxygens (including phenoxy) is 1. The highest BCUT2D eigenvalue weighted by molar-refractivity contribution is 7.99. The lowest BCUT2D eigenvalue weighted by Crippen LogP contribution is -2.17. The largest absolute Gasteiger partial charge is 0.465 e. The van der Waals surface area contributed by atoms with Crippen molar-refractivity contribution in [2.24, 2.45) is 5.92 Å². The van der Waals surface area contributed by atoms with Crippen LogP contribution in [-0.2, 0) is 28.9 Å². The second-order valence-corrected chi connectivity index (χ2v) is 10.4. The number of fused-ring (bicyclic) bond motifs is 1. The van der Waals surface area contributed by atoms with Gasteiger partial charge >= 0.3 is 5.97 Å². The predicted octanol–water partition coefficient (Wildman–Crippen LogP) is 5.32. The predicted molar refractivity (Wildman–Crippen MR) is 132 cm³/mol. The maximum atomic E-state index is 12.8. The quantitative estimate of drug-likeness (QED) is 0.346. The molecule has 3 aromatic rings. The Balaban J connectivity index is 1.48. The van der Waals surface area contributed by atoms with Crippen LogP contribution in [0.2, 0.25) is 5.02 Å². The van der Waals surface area contributed by atoms with Gasteiger partial charge in [-0.15, -0.1) is 21.5 Å². The van der Waals surface area contributed by atoms with Gasteiger partial charge in [0.2, 0.25) is 5.91 Å². The number of rotatable bonds is 7. The van der Waals surface area contributed by atoms with Crippen LogP contribution in [0.25, 0.3) is 11.4 Å². The van der Waals surface area contributed by atoms with E-state index < -0.39 is 5.97 Å². The van der Waals surface area contributed by atoms with E-state index in [0.717, 1.165) is 41.1 Å². The molecule has 10 heteroatoms. The number of carbonyl (C=O) groups excluding carboxylic acids is 2. The van der Waals surface area contributed by atoms with E-state index in [0.29, 0.717) is 33.2 Å². The van der Waals surface area contributed by atoms with Crippen molar-refractivity contribution in [3.05, 3.63) is 45.3 Å². The molecule has 2 heterocycles. The Morgan fingerprint density at radius 1 is 1.30 bits per heavy atom. The SMILES string of the molecule is CCn1c(SCC(=O)Nc2sc3c(c2C(=O)OC)CCC(C)C3)nnc1-c1ccc(Cl)cc1. The number of carbonyl (C=O) groups is 2. The van der Waals surface area contributed by atoms with Crippen molar-refractivity contribution < 1.29 is 14.3 Å². The number of hydrogen-bond acceptors (Lipinski definition) is 7. The minimum Gasteiger partial charge on any atom is -0.465 e. The fraction of sp³-hybridized carbons (Fsp3) is 0.391. The van der Waals surface area contributed by atoms with Crippen LogP contribution in [-0.4, -0.2) is 39.5 Å². The number of anilines is 1. The molecule has 1 amide bonds. The lowest BCUT2D eigenvalue weighted by molar-refractivity contribution is -0.113. The van der Waals surface area contributed by atoms with Gasteiger partial charge in [-0.25, -0.2) is 4.79 Å². The number of methoxy groups -OCH3 is 1. The molecule has 1 aliphatic rings. The molecule has 0 aliphatic heterocycles. The smallest absolute Gasteiger partial charge is 0.341 e. The molecule has 174 valence electrons. The zero-order valence-corrected chi connectivity index (χ0v) is 21.1. The first kappa shape index (κ1) is 23.8. The highest BCUT2D eigenvalue weighted by atomic mass is 35.5. The molecule has 33 heavy (non-hydrogen) atoms. The van der Waals surface area contributed by atoms with E-state index in [1.165, 1.54) is 30.2 Å². The van der Waals surface area contributed by atoms with Crippen molar-refractivity contribution in [3.63, 3.8) is 0 Å². The van der Waals surface area contributed by atoms with E-state index in [1.807, 2.05) is 35.8 Å². The van der Waals surface area contributed by atoms with Crippen molar-refractivity contribution in [2.75, 3.05) is 18.2 Å². The fourth-order valence-electron chi connectivity index (χ4n) is 3.94. The minimum atomic E-state index is -0.400. The maximum absolute atomic E-state index is 12.8. The Morgan fingerprint density at radius 2 is 2.06 bits per heavy atom. The number of thiophene rings is 1. The van der Waals surface area contributed by atoms with Crippen LogP contribution >= 0.6 is 34.7 Å². The molecule has 1 atom stereocenters. The first-order chi connectivity index (χ1) is 15.9. The highest BCUT2D eigenvalue weighted by Crippen LogP contribution is 2.40. The van der Waals surface area contributed by atoms with Crippen molar-refractivity contribution in [3.8, 4) is 11.4 Å². The molecule has 1 N–H and O–H groups in total. The average Bonchev–Trinajstić information content (AvgIpc) is 3.37. The van der Waals surface area contributed by atoms with E-state index in [-0.39, 0.29) is 11.7 Å². The highest BCUT2D eigenvalue weighted by Gasteiger charge is 2.29. The van der Waals surface area contributed by atoms with Crippen LogP contribution in [0, 0.1) is 5.92 Å². The van der Waals surface area contributed by atoms with Gasteiger partial charge in [-0.05, 0) is 61.9 Å². The molecule has 1 unspecified atom stereocenters. The molecule has 0 radical (unpaired) electrons. The van der Waals surface area contributed by atoms with Gasteiger partial charge in [0.15, 0.2) is 11.0 Å². The van der Waals surface area contributed by atoms with Crippen molar-refractivity contribution >= 4 is 51.6 Å². The zero-order chi connectivity index (χ0) is 23.5. The summed E-state index contributed by atoms with van der Waals surface area (Å²) >= 11 is 8.79. The van der Waals surface area contributed by atoms with Crippen LogP contribution in [0.4, 0.5) is 5.00 Å². The van der Waals surface area contributed by atoms with Crippen LogP contribution in [0.3, 0.4) is 0 Å². The summed E-state index contributed by atoms with van der Waals surface area (Å²) in [5, 5.41) is 13.4. The Morgan fingerprint density at radius 3 is 2.76 bits per heavy atom. The summed E-state index contributed by atoms with van der Waals surface area (Å²) in [6, 6.07) is 7.42. The number of nitrogens with zero attached hydrogens (tertiary/aromatic N) is 3. The third kappa shape index (κ3) is 5.10. The summed E-state index contributed by atoms with van der Waals surface area (Å²) in [5.74, 6) is 0.846. The summed E-state index contributed by atoms with van der Waals surface area (Å²) in [7, 11) is 1.37. The summed E-state index contributed by atoms with van der Waals surface area (Å²) in [4.78, 5) is 26.4. The van der Waals surface area contributed by atoms with Gasteiger partial charge in [0.25, 0.3) is 0 Å². The zero-order valence-electron chi connectivity index (χ0n) is 18.7. The summed E-state index contributed by atoms with van der Waals surface area (Å²) in [6.07, 6.45) is 2.77. The van der Waals surface area contributed by atoms with Gasteiger partial charge in [0.1, 0.15) is 5.00 Å². The van der Waals surface area contributed by atoms with Crippen molar-refractivity contribution in [1.82, 2.24) is 14.8 Å². The third-order valence-corrected chi connectivity index (χ3v) is 8.01. The Bertz CT molecular complexity index is 1170. The summed E-state index contributed by atoms with van der Waals surface area (Å²) in [5.41, 5.74) is 2.43. The Labute approximate surface area is 205 Å². The second kappa shape index (κ2) is 10.3. The Hall–Kier alpha value is -2.36. The van der Waals surface area contributed by atoms with E-state index in [9.17, 15) is 9.59 Å². The van der Waals surface area contributed by atoms with Gasteiger partial charge < -0.3 is 14.6 Å². The lowest BCUT2D eigenvalue weighted by atomic mass is 9.88. The van der Waals surface area contributed by atoms with Crippen LogP contribution in [0.1, 0.15) is 41.1 Å². The molecule has 1 aromatic carbocycles. The van der Waals surface area contributed by atoms with E-state index in [1.54, 1.807) is 0 Å². The number of esters is 1. The molecule has 4 rings (SSSR count). The Kier molecular flexibility index (Phi) is 7.41. The van der Waals surface area contributed by atoms with Gasteiger partial charge in [-0.2, -0.15) is 0 Å². The summed E-state index contributed by atoms with van der Waals surface area (Å²) in [6.45, 7) is 4.88. The number of benzene rings is 1. The van der Waals surface area contributed by atoms with E-state index >= 15 is 0 Å². The molecule has 0 saturated carbocycles. The molecule has 2 aromatic heterocycles. The first-order valence-corrected chi connectivity index (χ1v) is 12.9. The van der Waals surface area contributed by atoms with Crippen LogP contribution in [0.5, 0.6) is 0 Å². The standard InChI is InChI=1S/C23H25ClN4O3S2/c1-4-28-20(14-6-8-15(24)9-7-14)26-27-23(28)32-12-18(29)25-21-19(22(30)31-3)16-10-5-13(2)11-17(16)33-21/h6-9,13H,4-5,10-12H2,1-3H3,(H,25,29). The van der Waals surface area contributed by atoms with Gasteiger partial charge in [-0.3, -0.25) is 4.79 Å².